The molecule has 0 aliphatic heterocycles. The van der Waals surface area contributed by atoms with E-state index in [1.54, 1.807) is 23.2 Å². The Balaban J connectivity index is 2.85. The first-order chi connectivity index (χ1) is 7.06. The fraction of sp³-hybridized carbons (Fsp3) is 0.364. The molecule has 1 amide bonds. The van der Waals surface area contributed by atoms with Crippen molar-refractivity contribution in [2.75, 3.05) is 6.54 Å². The minimum absolute atomic E-state index is 0.00407. The van der Waals surface area contributed by atoms with Gasteiger partial charge in [-0.1, -0.05) is 6.08 Å². The number of amides is 1. The van der Waals surface area contributed by atoms with E-state index < -0.39 is 0 Å². The summed E-state index contributed by atoms with van der Waals surface area (Å²) >= 11 is 3.30. The van der Waals surface area contributed by atoms with E-state index in [4.69, 9.17) is 0 Å². The topological polar surface area (TPSA) is 36.1 Å². The molecule has 4 heteroatoms. The van der Waals surface area contributed by atoms with Crippen LogP contribution in [0.25, 0.3) is 0 Å². The number of rotatable bonds is 4. The number of hydrogen-bond acceptors (Lipinski definition) is 1. The predicted octanol–water partition coefficient (Wildman–Crippen LogP) is 2.81. The van der Waals surface area contributed by atoms with Crippen molar-refractivity contribution < 1.29 is 4.79 Å². The van der Waals surface area contributed by atoms with Crippen molar-refractivity contribution in [2.24, 2.45) is 0 Å². The lowest BCUT2D eigenvalue weighted by molar-refractivity contribution is 0.0723. The molecule has 0 saturated heterocycles. The van der Waals surface area contributed by atoms with Gasteiger partial charge >= 0.3 is 0 Å². The number of nitrogens with zero attached hydrogens (tertiary/aromatic N) is 1. The second-order valence-electron chi connectivity index (χ2n) is 3.57. The van der Waals surface area contributed by atoms with Gasteiger partial charge < -0.3 is 9.88 Å². The highest BCUT2D eigenvalue weighted by Gasteiger charge is 2.18. The number of hydrogen-bond donors (Lipinski definition) is 1. The molecule has 82 valence electrons. The number of H-pyrrole nitrogens is 1. The quantitative estimate of drug-likeness (QED) is 0.840. The lowest BCUT2D eigenvalue weighted by Gasteiger charge is -2.24. The smallest absolute Gasteiger partial charge is 0.270 e. The van der Waals surface area contributed by atoms with E-state index in [1.165, 1.54) is 0 Å². The Morgan fingerprint density at radius 1 is 1.73 bits per heavy atom. The van der Waals surface area contributed by atoms with Crippen LogP contribution in [0, 0.1) is 0 Å². The van der Waals surface area contributed by atoms with Crippen LogP contribution in [-0.4, -0.2) is 28.4 Å². The lowest BCUT2D eigenvalue weighted by Crippen LogP contribution is -2.37. The molecule has 15 heavy (non-hydrogen) atoms. The van der Waals surface area contributed by atoms with Gasteiger partial charge in [0.2, 0.25) is 0 Å². The normalized spacial score (nSPS) is 10.4. The summed E-state index contributed by atoms with van der Waals surface area (Å²) < 4.78 is 0.883. The molecule has 0 aliphatic rings. The van der Waals surface area contributed by atoms with Crippen LogP contribution in [-0.2, 0) is 0 Å². The first-order valence-electron chi connectivity index (χ1n) is 4.82. The number of halogens is 1. The van der Waals surface area contributed by atoms with Gasteiger partial charge in [0.15, 0.2) is 0 Å². The maximum absolute atomic E-state index is 12.0. The number of aromatic nitrogens is 1. The largest absolute Gasteiger partial charge is 0.356 e. The molecule has 0 radical (unpaired) electrons. The molecule has 3 nitrogen and oxygen atoms in total. The lowest BCUT2D eigenvalue weighted by atomic mass is 10.2. The van der Waals surface area contributed by atoms with Crippen LogP contribution in [0.4, 0.5) is 0 Å². The van der Waals surface area contributed by atoms with E-state index in [1.807, 2.05) is 13.8 Å². The highest BCUT2D eigenvalue weighted by atomic mass is 79.9. The van der Waals surface area contributed by atoms with Crippen LogP contribution in [0.1, 0.15) is 24.3 Å². The summed E-state index contributed by atoms with van der Waals surface area (Å²) in [5.74, 6) is -0.00407. The molecule has 0 aliphatic carbocycles. The second-order valence-corrected chi connectivity index (χ2v) is 4.49. The van der Waals surface area contributed by atoms with Gasteiger partial charge in [-0.15, -0.1) is 6.58 Å². The molecule has 1 N–H and O–H groups in total. The van der Waals surface area contributed by atoms with Gasteiger partial charge in [0.1, 0.15) is 5.69 Å². The van der Waals surface area contributed by atoms with E-state index in [9.17, 15) is 4.79 Å². The molecular formula is C11H15BrN2O. The van der Waals surface area contributed by atoms with Crippen LogP contribution < -0.4 is 0 Å². The van der Waals surface area contributed by atoms with E-state index >= 15 is 0 Å². The van der Waals surface area contributed by atoms with Gasteiger partial charge in [0.05, 0.1) is 0 Å². The Kier molecular flexibility index (Phi) is 4.15. The van der Waals surface area contributed by atoms with Crippen molar-refractivity contribution in [3.63, 3.8) is 0 Å². The van der Waals surface area contributed by atoms with Gasteiger partial charge in [0, 0.05) is 23.3 Å². The molecule has 0 spiro atoms. The molecule has 1 rings (SSSR count). The number of nitrogens with one attached hydrogen (secondary N) is 1. The summed E-state index contributed by atoms with van der Waals surface area (Å²) in [5, 5.41) is 0. The van der Waals surface area contributed by atoms with E-state index in [0.29, 0.717) is 12.2 Å². The monoisotopic (exact) mass is 270 g/mol. The zero-order valence-electron chi connectivity index (χ0n) is 8.96. The molecule has 0 atom stereocenters. The number of carbonyl (C=O) groups is 1. The van der Waals surface area contributed by atoms with Gasteiger partial charge in [-0.2, -0.15) is 0 Å². The van der Waals surface area contributed by atoms with E-state index in [-0.39, 0.29) is 11.9 Å². The first-order valence-corrected chi connectivity index (χ1v) is 5.61. The zero-order chi connectivity index (χ0) is 11.4. The minimum Gasteiger partial charge on any atom is -0.356 e. The van der Waals surface area contributed by atoms with Crippen LogP contribution in [0.3, 0.4) is 0 Å². The van der Waals surface area contributed by atoms with Gasteiger partial charge in [-0.05, 0) is 35.8 Å². The average molecular weight is 271 g/mol. The Morgan fingerprint density at radius 2 is 2.40 bits per heavy atom. The van der Waals surface area contributed by atoms with Crippen LogP contribution >= 0.6 is 15.9 Å². The Labute approximate surface area is 98.3 Å². The number of aromatic amines is 1. The average Bonchev–Trinajstić information content (AvgIpc) is 2.59. The summed E-state index contributed by atoms with van der Waals surface area (Å²) in [6, 6.07) is 1.94. The van der Waals surface area contributed by atoms with E-state index in [0.717, 1.165) is 4.47 Å². The van der Waals surface area contributed by atoms with Gasteiger partial charge in [0.25, 0.3) is 5.91 Å². The summed E-state index contributed by atoms with van der Waals surface area (Å²) in [6.45, 7) is 8.18. The molecule has 0 bridgehead atoms. The van der Waals surface area contributed by atoms with Crippen molar-refractivity contribution in [3.8, 4) is 0 Å². The summed E-state index contributed by atoms with van der Waals surface area (Å²) in [4.78, 5) is 16.7. The van der Waals surface area contributed by atoms with Crippen molar-refractivity contribution >= 4 is 21.8 Å². The Bertz CT molecular complexity index is 357. The molecule has 0 aromatic carbocycles. The van der Waals surface area contributed by atoms with Gasteiger partial charge in [-0.25, -0.2) is 0 Å². The standard InChI is InChI=1S/C11H15BrN2O/c1-4-5-14(8(2)3)11(15)10-6-9(12)7-13-10/h4,6-8,13H,1,5H2,2-3H3. The summed E-state index contributed by atoms with van der Waals surface area (Å²) in [5.41, 5.74) is 0.595. The van der Waals surface area contributed by atoms with Crippen LogP contribution in [0.15, 0.2) is 29.4 Å². The van der Waals surface area contributed by atoms with Gasteiger partial charge in [-0.3, -0.25) is 4.79 Å². The zero-order valence-corrected chi connectivity index (χ0v) is 10.5. The van der Waals surface area contributed by atoms with Crippen LogP contribution in [0.5, 0.6) is 0 Å². The van der Waals surface area contributed by atoms with Crippen molar-refractivity contribution in [1.29, 1.82) is 0 Å². The maximum atomic E-state index is 12.0. The highest BCUT2D eigenvalue weighted by molar-refractivity contribution is 9.10. The fourth-order valence-corrected chi connectivity index (χ4v) is 1.66. The third-order valence-corrected chi connectivity index (χ3v) is 2.55. The molecule has 0 fully saturated rings. The van der Waals surface area contributed by atoms with Crippen molar-refractivity contribution in [3.05, 3.63) is 35.1 Å². The minimum atomic E-state index is -0.00407. The van der Waals surface area contributed by atoms with Crippen molar-refractivity contribution in [1.82, 2.24) is 9.88 Å². The second kappa shape index (κ2) is 5.16. The third-order valence-electron chi connectivity index (χ3n) is 2.09. The molecule has 0 saturated carbocycles. The molecule has 1 heterocycles. The third kappa shape index (κ3) is 2.96. The fourth-order valence-electron chi connectivity index (χ4n) is 1.31. The SMILES string of the molecule is C=CCN(C(=O)c1cc(Br)c[nH]1)C(C)C. The van der Waals surface area contributed by atoms with Crippen molar-refractivity contribution in [2.45, 2.75) is 19.9 Å². The number of carbonyl (C=O) groups excluding carboxylic acids is 1. The Hall–Kier alpha value is -1.03. The van der Waals surface area contributed by atoms with Crippen LogP contribution in [0.2, 0.25) is 0 Å². The van der Waals surface area contributed by atoms with E-state index in [2.05, 4.69) is 27.5 Å². The molecular weight excluding hydrogens is 256 g/mol. The Morgan fingerprint density at radius 3 is 2.80 bits per heavy atom. The summed E-state index contributed by atoms with van der Waals surface area (Å²) in [7, 11) is 0. The molecule has 1 aromatic rings. The summed E-state index contributed by atoms with van der Waals surface area (Å²) in [6.07, 6.45) is 3.48. The molecule has 0 unspecified atom stereocenters. The first kappa shape index (κ1) is 12.0. The molecule has 1 aromatic heterocycles. The highest BCUT2D eigenvalue weighted by Crippen LogP contribution is 2.13. The predicted molar refractivity (Wildman–Crippen MR) is 64.9 cm³/mol. The maximum Gasteiger partial charge on any atom is 0.270 e.